The molecule has 0 aliphatic heterocycles. The fraction of sp³-hybridized carbons (Fsp3) is 0.611. The largest absolute Gasteiger partial charge is 0.299 e. The minimum Gasteiger partial charge on any atom is -0.299 e. The summed E-state index contributed by atoms with van der Waals surface area (Å²) in [5.41, 5.74) is 2.97. The van der Waals surface area contributed by atoms with Crippen LogP contribution in [0.2, 0.25) is 0 Å². The monoisotopic (exact) mass is 258 g/mol. The van der Waals surface area contributed by atoms with Gasteiger partial charge in [0.1, 0.15) is 5.78 Å². The van der Waals surface area contributed by atoms with E-state index in [0.29, 0.717) is 11.7 Å². The lowest BCUT2D eigenvalue weighted by Gasteiger charge is -2.21. The second kappa shape index (κ2) is 5.90. The zero-order valence-corrected chi connectivity index (χ0v) is 12.5. The molecule has 1 aliphatic rings. The molecule has 0 radical (unpaired) electrons. The van der Waals surface area contributed by atoms with E-state index in [1.54, 1.807) is 0 Å². The van der Waals surface area contributed by atoms with Gasteiger partial charge in [-0.3, -0.25) is 4.79 Å². The van der Waals surface area contributed by atoms with Crippen LogP contribution in [0.1, 0.15) is 64.0 Å². The first-order valence-electron chi connectivity index (χ1n) is 7.59. The summed E-state index contributed by atoms with van der Waals surface area (Å²) < 4.78 is 0. The second-order valence-corrected chi connectivity index (χ2v) is 6.89. The average molecular weight is 258 g/mol. The van der Waals surface area contributed by atoms with Crippen molar-refractivity contribution in [2.75, 3.05) is 0 Å². The van der Waals surface area contributed by atoms with Crippen molar-refractivity contribution in [3.05, 3.63) is 35.4 Å². The molecule has 19 heavy (non-hydrogen) atoms. The lowest BCUT2D eigenvalue weighted by atomic mass is 9.83. The van der Waals surface area contributed by atoms with E-state index in [1.165, 1.54) is 17.5 Å². The molecule has 0 bridgehead atoms. The molecule has 1 aromatic rings. The van der Waals surface area contributed by atoms with Gasteiger partial charge in [0.25, 0.3) is 0 Å². The van der Waals surface area contributed by atoms with Crippen LogP contribution in [-0.4, -0.2) is 5.78 Å². The highest BCUT2D eigenvalue weighted by molar-refractivity contribution is 5.81. The number of ketones is 1. The highest BCUT2D eigenvalue weighted by Crippen LogP contribution is 2.26. The van der Waals surface area contributed by atoms with Gasteiger partial charge >= 0.3 is 0 Å². The first-order valence-corrected chi connectivity index (χ1v) is 7.59. The summed E-state index contributed by atoms with van der Waals surface area (Å²) >= 11 is 0. The predicted molar refractivity (Wildman–Crippen MR) is 80.4 cm³/mol. The normalized spacial score (nSPS) is 20.6. The molecule has 1 saturated carbocycles. The standard InChI is InChI=1S/C18H26O/c1-18(2,3)16-12-9-14(10-13-16)8-11-15-6-4-5-7-17(15)19/h9-10,12-13,15H,4-8,11H2,1-3H3. The van der Waals surface area contributed by atoms with Crippen LogP contribution in [-0.2, 0) is 16.6 Å². The molecule has 2 rings (SSSR count). The summed E-state index contributed by atoms with van der Waals surface area (Å²) in [5, 5.41) is 0. The quantitative estimate of drug-likeness (QED) is 0.769. The van der Waals surface area contributed by atoms with Crippen LogP contribution < -0.4 is 0 Å². The summed E-state index contributed by atoms with van der Waals surface area (Å²) in [5.74, 6) is 0.827. The van der Waals surface area contributed by atoms with E-state index in [-0.39, 0.29) is 5.41 Å². The van der Waals surface area contributed by atoms with Crippen molar-refractivity contribution >= 4 is 5.78 Å². The first-order chi connectivity index (χ1) is 8.97. The van der Waals surface area contributed by atoms with Gasteiger partial charge in [0.05, 0.1) is 0 Å². The smallest absolute Gasteiger partial charge is 0.135 e. The number of Topliss-reactive ketones (excluding diaryl/α,β-unsaturated/α-hetero) is 1. The molecule has 0 saturated heterocycles. The molecule has 1 fully saturated rings. The van der Waals surface area contributed by atoms with Gasteiger partial charge in [0.15, 0.2) is 0 Å². The molecule has 1 heteroatoms. The SMILES string of the molecule is CC(C)(C)c1ccc(CCC2CCCCC2=O)cc1. The van der Waals surface area contributed by atoms with Crippen LogP contribution in [0.5, 0.6) is 0 Å². The molecule has 0 aromatic heterocycles. The Morgan fingerprint density at radius 3 is 2.37 bits per heavy atom. The van der Waals surface area contributed by atoms with Gasteiger partial charge in [0, 0.05) is 12.3 Å². The van der Waals surface area contributed by atoms with Gasteiger partial charge in [0.2, 0.25) is 0 Å². The van der Waals surface area contributed by atoms with Crippen molar-refractivity contribution in [1.29, 1.82) is 0 Å². The van der Waals surface area contributed by atoms with E-state index in [4.69, 9.17) is 0 Å². The second-order valence-electron chi connectivity index (χ2n) is 6.89. The molecule has 0 N–H and O–H groups in total. The van der Waals surface area contributed by atoms with Gasteiger partial charge in [-0.25, -0.2) is 0 Å². The molecule has 104 valence electrons. The molecule has 1 unspecified atom stereocenters. The number of rotatable bonds is 3. The fourth-order valence-electron chi connectivity index (χ4n) is 2.87. The predicted octanol–water partition coefficient (Wildman–Crippen LogP) is 4.68. The van der Waals surface area contributed by atoms with Crippen molar-refractivity contribution in [2.45, 2.75) is 64.7 Å². The number of carbonyl (C=O) groups is 1. The third kappa shape index (κ3) is 3.92. The average Bonchev–Trinajstić information content (AvgIpc) is 2.37. The molecule has 1 atom stereocenters. The Kier molecular flexibility index (Phi) is 4.44. The maximum Gasteiger partial charge on any atom is 0.135 e. The third-order valence-electron chi connectivity index (χ3n) is 4.28. The van der Waals surface area contributed by atoms with E-state index >= 15 is 0 Å². The van der Waals surface area contributed by atoms with Crippen molar-refractivity contribution in [2.24, 2.45) is 5.92 Å². The molecular weight excluding hydrogens is 232 g/mol. The zero-order valence-electron chi connectivity index (χ0n) is 12.5. The highest BCUT2D eigenvalue weighted by Gasteiger charge is 2.21. The summed E-state index contributed by atoms with van der Waals surface area (Å²) in [4.78, 5) is 11.8. The summed E-state index contributed by atoms with van der Waals surface area (Å²) in [6, 6.07) is 8.93. The molecular formula is C18H26O. The van der Waals surface area contributed by atoms with E-state index in [1.807, 2.05) is 0 Å². The Balaban J connectivity index is 1.91. The third-order valence-corrected chi connectivity index (χ3v) is 4.28. The maximum atomic E-state index is 11.8. The van der Waals surface area contributed by atoms with E-state index in [2.05, 4.69) is 45.0 Å². The number of aryl methyl sites for hydroxylation is 1. The molecule has 1 aromatic carbocycles. The van der Waals surface area contributed by atoms with Crippen molar-refractivity contribution in [3.63, 3.8) is 0 Å². The van der Waals surface area contributed by atoms with Crippen LogP contribution in [0.4, 0.5) is 0 Å². The minimum atomic E-state index is 0.220. The van der Waals surface area contributed by atoms with Gasteiger partial charge in [-0.05, 0) is 42.2 Å². The molecule has 0 heterocycles. The Hall–Kier alpha value is -1.11. The maximum absolute atomic E-state index is 11.8. The zero-order chi connectivity index (χ0) is 13.9. The fourth-order valence-corrected chi connectivity index (χ4v) is 2.87. The van der Waals surface area contributed by atoms with Crippen LogP contribution in [0.3, 0.4) is 0 Å². The lowest BCUT2D eigenvalue weighted by Crippen LogP contribution is -2.19. The summed E-state index contributed by atoms with van der Waals surface area (Å²) in [6.07, 6.45) is 6.34. The molecule has 1 aliphatic carbocycles. The van der Waals surface area contributed by atoms with Crippen LogP contribution in [0.25, 0.3) is 0 Å². The topological polar surface area (TPSA) is 17.1 Å². The highest BCUT2D eigenvalue weighted by atomic mass is 16.1. The van der Waals surface area contributed by atoms with Crippen molar-refractivity contribution < 1.29 is 4.79 Å². The van der Waals surface area contributed by atoms with Crippen molar-refractivity contribution in [1.82, 2.24) is 0 Å². The Morgan fingerprint density at radius 1 is 1.11 bits per heavy atom. The van der Waals surface area contributed by atoms with E-state index in [9.17, 15) is 4.79 Å². The van der Waals surface area contributed by atoms with E-state index in [0.717, 1.165) is 32.1 Å². The summed E-state index contributed by atoms with van der Waals surface area (Å²) in [7, 11) is 0. The van der Waals surface area contributed by atoms with Gasteiger partial charge < -0.3 is 0 Å². The number of carbonyl (C=O) groups excluding carboxylic acids is 1. The lowest BCUT2D eigenvalue weighted by molar-refractivity contribution is -0.124. The first kappa shape index (κ1) is 14.3. The van der Waals surface area contributed by atoms with Gasteiger partial charge in [-0.15, -0.1) is 0 Å². The minimum absolute atomic E-state index is 0.220. The van der Waals surface area contributed by atoms with Gasteiger partial charge in [-0.2, -0.15) is 0 Å². The van der Waals surface area contributed by atoms with Crippen LogP contribution in [0.15, 0.2) is 24.3 Å². The Bertz CT molecular complexity index is 422. The Labute approximate surface area is 117 Å². The molecule has 1 nitrogen and oxygen atoms in total. The Morgan fingerprint density at radius 2 is 1.79 bits per heavy atom. The van der Waals surface area contributed by atoms with Crippen molar-refractivity contribution in [3.8, 4) is 0 Å². The number of hydrogen-bond acceptors (Lipinski definition) is 1. The van der Waals surface area contributed by atoms with Crippen LogP contribution >= 0.6 is 0 Å². The van der Waals surface area contributed by atoms with Crippen LogP contribution in [0, 0.1) is 5.92 Å². The number of benzene rings is 1. The molecule has 0 amide bonds. The summed E-state index contributed by atoms with van der Waals surface area (Å²) in [6.45, 7) is 6.72. The van der Waals surface area contributed by atoms with Gasteiger partial charge in [-0.1, -0.05) is 51.5 Å². The molecule has 0 spiro atoms. The number of hydrogen-bond donors (Lipinski definition) is 0. The van der Waals surface area contributed by atoms with E-state index < -0.39 is 0 Å².